The van der Waals surface area contributed by atoms with Crippen LogP contribution in [0.3, 0.4) is 0 Å². The van der Waals surface area contributed by atoms with Crippen molar-refractivity contribution < 1.29 is 18.9 Å². The zero-order valence-corrected chi connectivity index (χ0v) is 19.2. The lowest BCUT2D eigenvalue weighted by atomic mass is 9.89. The molecule has 0 saturated carbocycles. The summed E-state index contributed by atoms with van der Waals surface area (Å²) in [6, 6.07) is 14.5. The number of rotatable bonds is 10. The first-order chi connectivity index (χ1) is 15.1. The Morgan fingerprint density at radius 2 is 1.87 bits per heavy atom. The third kappa shape index (κ3) is 6.55. The molecule has 1 aliphatic heterocycles. The molecule has 5 nitrogen and oxygen atoms in total. The van der Waals surface area contributed by atoms with Gasteiger partial charge in [0.15, 0.2) is 0 Å². The SMILES string of the molecule is COCCCOc1cc2c(cc1COC)C(=NCc1ccccc1)C[C@H](C(C)C)CO2. The van der Waals surface area contributed by atoms with Crippen LogP contribution < -0.4 is 9.47 Å². The number of hydrogen-bond acceptors (Lipinski definition) is 5. The average molecular weight is 426 g/mol. The minimum Gasteiger partial charge on any atom is -0.493 e. The molecular weight excluding hydrogens is 390 g/mol. The fraction of sp³-hybridized carbons (Fsp3) is 0.500. The Hall–Kier alpha value is -2.37. The van der Waals surface area contributed by atoms with Crippen LogP contribution in [0.4, 0.5) is 0 Å². The van der Waals surface area contributed by atoms with Gasteiger partial charge >= 0.3 is 0 Å². The van der Waals surface area contributed by atoms with Gasteiger partial charge < -0.3 is 18.9 Å². The highest BCUT2D eigenvalue weighted by Crippen LogP contribution is 2.35. The standard InChI is InChI=1S/C26H35NO4/c1-19(2)21-14-24(27-16-20-9-6-5-7-10-20)23-13-22(17-29-4)25(15-26(23)31-18-21)30-12-8-11-28-3/h5-7,9-10,13,15,19,21H,8,11-12,14,16-18H2,1-4H3/t21-/m0/s1. The van der Waals surface area contributed by atoms with E-state index in [1.807, 2.05) is 12.1 Å². The molecule has 1 heterocycles. The van der Waals surface area contributed by atoms with Gasteiger partial charge in [-0.2, -0.15) is 0 Å². The highest BCUT2D eigenvalue weighted by Gasteiger charge is 2.26. The molecule has 5 heteroatoms. The molecule has 0 aromatic heterocycles. The van der Waals surface area contributed by atoms with E-state index in [1.165, 1.54) is 5.56 Å². The number of ether oxygens (including phenoxy) is 4. The minimum atomic E-state index is 0.416. The van der Waals surface area contributed by atoms with E-state index in [1.54, 1.807) is 14.2 Å². The maximum absolute atomic E-state index is 6.28. The molecule has 0 bridgehead atoms. The van der Waals surface area contributed by atoms with Crippen LogP contribution in [0.2, 0.25) is 0 Å². The van der Waals surface area contributed by atoms with E-state index in [0.29, 0.717) is 44.8 Å². The van der Waals surface area contributed by atoms with Gasteiger partial charge in [-0.05, 0) is 24.0 Å². The van der Waals surface area contributed by atoms with Gasteiger partial charge in [-0.15, -0.1) is 0 Å². The molecule has 2 aromatic carbocycles. The lowest BCUT2D eigenvalue weighted by Gasteiger charge is -2.18. The fourth-order valence-electron chi connectivity index (χ4n) is 3.70. The predicted octanol–water partition coefficient (Wildman–Crippen LogP) is 5.29. The first-order valence-electron chi connectivity index (χ1n) is 11.1. The van der Waals surface area contributed by atoms with Crippen molar-refractivity contribution >= 4 is 5.71 Å². The van der Waals surface area contributed by atoms with Crippen molar-refractivity contribution in [2.45, 2.75) is 39.8 Å². The Morgan fingerprint density at radius 1 is 1.06 bits per heavy atom. The number of methoxy groups -OCH3 is 2. The number of benzene rings is 2. The molecule has 0 fully saturated rings. The van der Waals surface area contributed by atoms with Crippen LogP contribution >= 0.6 is 0 Å². The zero-order chi connectivity index (χ0) is 22.1. The summed E-state index contributed by atoms with van der Waals surface area (Å²) in [5.41, 5.74) is 4.37. The smallest absolute Gasteiger partial charge is 0.132 e. The summed E-state index contributed by atoms with van der Waals surface area (Å²) >= 11 is 0. The molecule has 0 radical (unpaired) electrons. The molecule has 2 aromatic rings. The molecule has 1 aliphatic rings. The normalized spacial score (nSPS) is 17.3. The zero-order valence-electron chi connectivity index (χ0n) is 19.2. The van der Waals surface area contributed by atoms with Crippen LogP contribution in [0, 0.1) is 11.8 Å². The molecule has 31 heavy (non-hydrogen) atoms. The second-order valence-corrected chi connectivity index (χ2v) is 8.35. The Morgan fingerprint density at radius 3 is 2.58 bits per heavy atom. The summed E-state index contributed by atoms with van der Waals surface area (Å²) in [6.07, 6.45) is 1.73. The van der Waals surface area contributed by atoms with Crippen LogP contribution in [0.25, 0.3) is 0 Å². The Balaban J connectivity index is 1.94. The highest BCUT2D eigenvalue weighted by atomic mass is 16.5. The van der Waals surface area contributed by atoms with Crippen molar-refractivity contribution in [3.8, 4) is 11.5 Å². The second-order valence-electron chi connectivity index (χ2n) is 8.35. The number of aliphatic imine (C=N–C) groups is 1. The van der Waals surface area contributed by atoms with Crippen LogP contribution in [0.5, 0.6) is 11.5 Å². The van der Waals surface area contributed by atoms with Gasteiger partial charge in [0.1, 0.15) is 11.5 Å². The first-order valence-corrected chi connectivity index (χ1v) is 11.1. The first kappa shape index (κ1) is 23.3. The summed E-state index contributed by atoms with van der Waals surface area (Å²) in [4.78, 5) is 5.04. The van der Waals surface area contributed by atoms with Crippen LogP contribution in [0.1, 0.15) is 43.4 Å². The summed E-state index contributed by atoms with van der Waals surface area (Å²) in [5, 5.41) is 0. The summed E-state index contributed by atoms with van der Waals surface area (Å²) in [6.45, 7) is 7.59. The second kappa shape index (κ2) is 11.9. The number of hydrogen-bond donors (Lipinski definition) is 0. The molecular formula is C26H35NO4. The largest absolute Gasteiger partial charge is 0.493 e. The third-order valence-electron chi connectivity index (χ3n) is 5.67. The van der Waals surface area contributed by atoms with Crippen molar-refractivity contribution in [3.63, 3.8) is 0 Å². The molecule has 3 rings (SSSR count). The van der Waals surface area contributed by atoms with Gasteiger partial charge in [0.05, 0.1) is 26.4 Å². The third-order valence-corrected chi connectivity index (χ3v) is 5.67. The highest BCUT2D eigenvalue weighted by molar-refractivity contribution is 6.03. The average Bonchev–Trinajstić information content (AvgIpc) is 2.95. The molecule has 168 valence electrons. The van der Waals surface area contributed by atoms with Gasteiger partial charge in [-0.3, -0.25) is 4.99 Å². The quantitative estimate of drug-likeness (QED) is 0.485. The van der Waals surface area contributed by atoms with Gasteiger partial charge in [-0.25, -0.2) is 0 Å². The monoisotopic (exact) mass is 425 g/mol. The van der Waals surface area contributed by atoms with E-state index in [0.717, 1.165) is 41.2 Å². The van der Waals surface area contributed by atoms with E-state index in [-0.39, 0.29) is 0 Å². The predicted molar refractivity (Wildman–Crippen MR) is 124 cm³/mol. The Bertz CT molecular complexity index is 848. The summed E-state index contributed by atoms with van der Waals surface area (Å²) in [5.74, 6) is 2.58. The van der Waals surface area contributed by atoms with E-state index in [2.05, 4.69) is 44.2 Å². The van der Waals surface area contributed by atoms with Crippen LogP contribution in [-0.2, 0) is 22.6 Å². The van der Waals surface area contributed by atoms with Crippen LogP contribution in [-0.4, -0.2) is 39.8 Å². The van der Waals surface area contributed by atoms with E-state index in [9.17, 15) is 0 Å². The van der Waals surface area contributed by atoms with Gasteiger partial charge in [-0.1, -0.05) is 44.2 Å². The maximum Gasteiger partial charge on any atom is 0.132 e. The van der Waals surface area contributed by atoms with Gasteiger partial charge in [0.2, 0.25) is 0 Å². The molecule has 0 saturated heterocycles. The Kier molecular flexibility index (Phi) is 8.92. The molecule has 0 N–H and O–H groups in total. The number of nitrogens with zero attached hydrogens (tertiary/aromatic N) is 1. The lowest BCUT2D eigenvalue weighted by Crippen LogP contribution is -2.18. The fourth-order valence-corrected chi connectivity index (χ4v) is 3.70. The molecule has 0 amide bonds. The Labute approximate surface area is 186 Å². The summed E-state index contributed by atoms with van der Waals surface area (Å²) < 4.78 is 22.9. The topological polar surface area (TPSA) is 49.3 Å². The molecule has 0 spiro atoms. The van der Waals surface area contributed by atoms with Crippen LogP contribution in [0.15, 0.2) is 47.5 Å². The summed E-state index contributed by atoms with van der Waals surface area (Å²) in [7, 11) is 3.41. The minimum absolute atomic E-state index is 0.416. The van der Waals surface area contributed by atoms with Gasteiger partial charge in [0.25, 0.3) is 0 Å². The van der Waals surface area contributed by atoms with Crippen molar-refractivity contribution in [1.29, 1.82) is 0 Å². The van der Waals surface area contributed by atoms with E-state index < -0.39 is 0 Å². The number of fused-ring (bicyclic) bond motifs is 1. The maximum atomic E-state index is 6.28. The van der Waals surface area contributed by atoms with E-state index >= 15 is 0 Å². The molecule has 0 unspecified atom stereocenters. The van der Waals surface area contributed by atoms with Crippen molar-refractivity contribution in [2.75, 3.05) is 34.0 Å². The molecule has 0 aliphatic carbocycles. The van der Waals surface area contributed by atoms with Crippen molar-refractivity contribution in [1.82, 2.24) is 0 Å². The van der Waals surface area contributed by atoms with Gasteiger partial charge in [0, 0.05) is 56.1 Å². The van der Waals surface area contributed by atoms with Crippen molar-refractivity contribution in [3.05, 3.63) is 59.2 Å². The van der Waals surface area contributed by atoms with E-state index in [4.69, 9.17) is 23.9 Å². The van der Waals surface area contributed by atoms with Crippen molar-refractivity contribution in [2.24, 2.45) is 16.8 Å². The molecule has 1 atom stereocenters. The lowest BCUT2D eigenvalue weighted by molar-refractivity contribution is 0.164.